The van der Waals surface area contributed by atoms with Crippen LogP contribution in [0.2, 0.25) is 0 Å². The number of rotatable bonds is 7. The predicted molar refractivity (Wildman–Crippen MR) is 80.7 cm³/mol. The van der Waals surface area contributed by atoms with Crippen molar-refractivity contribution in [3.05, 3.63) is 41.2 Å². The SMILES string of the molecule is CCOc1ccc(Cc2c(C=O)nnn2CC(C)C)cc1. The fourth-order valence-electron chi connectivity index (χ4n) is 2.18. The zero-order chi connectivity index (χ0) is 15.2. The minimum Gasteiger partial charge on any atom is -0.494 e. The van der Waals surface area contributed by atoms with E-state index in [0.717, 1.165) is 29.8 Å². The molecule has 0 amide bonds. The summed E-state index contributed by atoms with van der Waals surface area (Å²) in [7, 11) is 0. The maximum atomic E-state index is 11.1. The van der Waals surface area contributed by atoms with Crippen molar-refractivity contribution in [1.82, 2.24) is 15.0 Å². The number of hydrogen-bond acceptors (Lipinski definition) is 4. The highest BCUT2D eigenvalue weighted by molar-refractivity contribution is 5.73. The molecule has 2 aromatic rings. The lowest BCUT2D eigenvalue weighted by molar-refractivity contribution is 0.111. The van der Waals surface area contributed by atoms with Crippen LogP contribution in [0.5, 0.6) is 5.75 Å². The topological polar surface area (TPSA) is 57.0 Å². The van der Waals surface area contributed by atoms with E-state index in [0.29, 0.717) is 24.6 Å². The Balaban J connectivity index is 2.21. The van der Waals surface area contributed by atoms with E-state index in [1.54, 1.807) is 0 Å². The average Bonchev–Trinajstić information content (AvgIpc) is 2.83. The van der Waals surface area contributed by atoms with Gasteiger partial charge in [0.2, 0.25) is 0 Å². The summed E-state index contributed by atoms with van der Waals surface area (Å²) < 4.78 is 7.26. The van der Waals surface area contributed by atoms with Crippen LogP contribution in [0.25, 0.3) is 0 Å². The lowest BCUT2D eigenvalue weighted by Crippen LogP contribution is -2.11. The van der Waals surface area contributed by atoms with Gasteiger partial charge in [0.15, 0.2) is 6.29 Å². The number of hydrogen-bond donors (Lipinski definition) is 0. The van der Waals surface area contributed by atoms with Gasteiger partial charge < -0.3 is 4.74 Å². The Labute approximate surface area is 124 Å². The quantitative estimate of drug-likeness (QED) is 0.735. The van der Waals surface area contributed by atoms with E-state index >= 15 is 0 Å². The molecule has 2 rings (SSSR count). The summed E-state index contributed by atoms with van der Waals surface area (Å²) in [5.74, 6) is 1.30. The third-order valence-corrected chi connectivity index (χ3v) is 3.12. The second kappa shape index (κ2) is 7.02. The van der Waals surface area contributed by atoms with Crippen LogP contribution in [0, 0.1) is 5.92 Å². The Bertz CT molecular complexity index is 588. The van der Waals surface area contributed by atoms with E-state index in [4.69, 9.17) is 4.74 Å². The molecule has 5 nitrogen and oxygen atoms in total. The molecule has 0 aliphatic carbocycles. The highest BCUT2D eigenvalue weighted by Gasteiger charge is 2.13. The molecule has 1 aromatic heterocycles. The Hall–Kier alpha value is -2.17. The van der Waals surface area contributed by atoms with Crippen molar-refractivity contribution in [3.8, 4) is 5.75 Å². The van der Waals surface area contributed by atoms with E-state index in [1.165, 1.54) is 0 Å². The molecule has 0 aliphatic heterocycles. The van der Waals surface area contributed by atoms with Gasteiger partial charge >= 0.3 is 0 Å². The van der Waals surface area contributed by atoms with Crippen LogP contribution >= 0.6 is 0 Å². The first kappa shape index (κ1) is 15.2. The second-order valence-electron chi connectivity index (χ2n) is 5.37. The van der Waals surface area contributed by atoms with Gasteiger partial charge in [-0.3, -0.25) is 4.79 Å². The smallest absolute Gasteiger partial charge is 0.172 e. The minimum absolute atomic E-state index is 0.421. The van der Waals surface area contributed by atoms with Crippen LogP contribution in [0.1, 0.15) is 42.5 Å². The van der Waals surface area contributed by atoms with E-state index in [1.807, 2.05) is 35.9 Å². The molecule has 0 radical (unpaired) electrons. The third-order valence-electron chi connectivity index (χ3n) is 3.12. The zero-order valence-corrected chi connectivity index (χ0v) is 12.7. The van der Waals surface area contributed by atoms with Crippen LogP contribution in [-0.2, 0) is 13.0 Å². The first-order valence-electron chi connectivity index (χ1n) is 7.23. The number of carbonyl (C=O) groups is 1. The fraction of sp³-hybridized carbons (Fsp3) is 0.438. The fourth-order valence-corrected chi connectivity index (χ4v) is 2.18. The highest BCUT2D eigenvalue weighted by Crippen LogP contribution is 2.17. The van der Waals surface area contributed by atoms with Gasteiger partial charge in [-0.15, -0.1) is 5.10 Å². The van der Waals surface area contributed by atoms with E-state index < -0.39 is 0 Å². The molecule has 0 unspecified atom stereocenters. The van der Waals surface area contributed by atoms with Crippen molar-refractivity contribution in [2.24, 2.45) is 5.92 Å². The first-order chi connectivity index (χ1) is 10.1. The molecule has 1 aromatic carbocycles. The Morgan fingerprint density at radius 3 is 2.57 bits per heavy atom. The molecule has 0 aliphatic rings. The van der Waals surface area contributed by atoms with Gasteiger partial charge in [-0.25, -0.2) is 4.68 Å². The molecular weight excluding hydrogens is 266 g/mol. The van der Waals surface area contributed by atoms with Crippen molar-refractivity contribution in [2.45, 2.75) is 33.7 Å². The molecule has 0 saturated heterocycles. The first-order valence-corrected chi connectivity index (χ1v) is 7.23. The number of ether oxygens (including phenoxy) is 1. The predicted octanol–water partition coefficient (Wildman–Crippen LogP) is 2.74. The number of aromatic nitrogens is 3. The number of carbonyl (C=O) groups excluding carboxylic acids is 1. The normalized spacial score (nSPS) is 10.9. The molecule has 1 heterocycles. The summed E-state index contributed by atoms with van der Waals surface area (Å²) in [4.78, 5) is 11.1. The van der Waals surface area contributed by atoms with Crippen LogP contribution in [0.3, 0.4) is 0 Å². The average molecular weight is 287 g/mol. The monoisotopic (exact) mass is 287 g/mol. The lowest BCUT2D eigenvalue weighted by atomic mass is 10.1. The van der Waals surface area contributed by atoms with Crippen LogP contribution in [0.4, 0.5) is 0 Å². The van der Waals surface area contributed by atoms with Gasteiger partial charge in [-0.05, 0) is 30.5 Å². The van der Waals surface area contributed by atoms with Gasteiger partial charge in [-0.2, -0.15) is 0 Å². The second-order valence-corrected chi connectivity index (χ2v) is 5.37. The highest BCUT2D eigenvalue weighted by atomic mass is 16.5. The van der Waals surface area contributed by atoms with Crippen molar-refractivity contribution in [1.29, 1.82) is 0 Å². The number of benzene rings is 1. The van der Waals surface area contributed by atoms with Crippen molar-refractivity contribution in [2.75, 3.05) is 6.61 Å². The summed E-state index contributed by atoms with van der Waals surface area (Å²) >= 11 is 0. The molecule has 0 saturated carbocycles. The summed E-state index contributed by atoms with van der Waals surface area (Å²) in [5.41, 5.74) is 2.39. The zero-order valence-electron chi connectivity index (χ0n) is 12.7. The van der Waals surface area contributed by atoms with E-state index in [-0.39, 0.29) is 0 Å². The van der Waals surface area contributed by atoms with E-state index in [9.17, 15) is 4.79 Å². The van der Waals surface area contributed by atoms with Crippen molar-refractivity contribution in [3.63, 3.8) is 0 Å². The Morgan fingerprint density at radius 1 is 1.29 bits per heavy atom. The number of aldehydes is 1. The summed E-state index contributed by atoms with van der Waals surface area (Å²) in [6, 6.07) is 7.89. The van der Waals surface area contributed by atoms with Crippen LogP contribution < -0.4 is 4.74 Å². The van der Waals surface area contributed by atoms with E-state index in [2.05, 4.69) is 24.2 Å². The Morgan fingerprint density at radius 2 is 2.00 bits per heavy atom. The summed E-state index contributed by atoms with van der Waals surface area (Å²) in [6.07, 6.45) is 1.41. The van der Waals surface area contributed by atoms with Gasteiger partial charge in [0.05, 0.1) is 12.3 Å². The minimum atomic E-state index is 0.421. The lowest BCUT2D eigenvalue weighted by Gasteiger charge is -2.10. The maximum Gasteiger partial charge on any atom is 0.172 e. The van der Waals surface area contributed by atoms with Gasteiger partial charge in [0, 0.05) is 13.0 Å². The van der Waals surface area contributed by atoms with Gasteiger partial charge in [-0.1, -0.05) is 31.2 Å². The largest absolute Gasteiger partial charge is 0.494 e. The molecule has 21 heavy (non-hydrogen) atoms. The summed E-state index contributed by atoms with van der Waals surface area (Å²) in [6.45, 7) is 7.60. The standard InChI is InChI=1S/C16H21N3O2/c1-4-21-14-7-5-13(6-8-14)9-16-15(11-20)17-18-19(16)10-12(2)3/h5-8,11-12H,4,9-10H2,1-3H3. The van der Waals surface area contributed by atoms with Crippen LogP contribution in [-0.4, -0.2) is 27.9 Å². The molecule has 5 heteroatoms. The Kier molecular flexibility index (Phi) is 5.09. The van der Waals surface area contributed by atoms with Crippen LogP contribution in [0.15, 0.2) is 24.3 Å². The third kappa shape index (κ3) is 3.90. The number of nitrogens with zero attached hydrogens (tertiary/aromatic N) is 3. The van der Waals surface area contributed by atoms with Gasteiger partial charge in [0.25, 0.3) is 0 Å². The maximum absolute atomic E-state index is 11.1. The molecule has 0 spiro atoms. The molecular formula is C16H21N3O2. The molecule has 0 fully saturated rings. The summed E-state index contributed by atoms with van der Waals surface area (Å²) in [5, 5.41) is 8.03. The van der Waals surface area contributed by atoms with Gasteiger partial charge in [0.1, 0.15) is 11.4 Å². The molecule has 112 valence electrons. The van der Waals surface area contributed by atoms with Crippen molar-refractivity contribution >= 4 is 6.29 Å². The van der Waals surface area contributed by atoms with Crippen molar-refractivity contribution < 1.29 is 9.53 Å². The molecule has 0 bridgehead atoms. The molecule has 0 N–H and O–H groups in total. The molecule has 0 atom stereocenters.